The zero-order chi connectivity index (χ0) is 24.9. The number of anilines is 2. The molecule has 0 spiro atoms. The molecule has 0 aliphatic rings. The van der Waals surface area contributed by atoms with E-state index in [-0.39, 0.29) is 23.4 Å². The standard InChI is InChI=1S/C18H22I3N3O8/c1-6(27)22-14-11(19)10(12(20)15(13(14)21)24(3)7(2)28)18(32)23-8(4-25)16(30)17(31)9(29)5-26/h4,8-9,16-17,26,29-31H,5H2,1-3H3,(H,22,27)(H,23,32)/t8-,9+,16-,17+/m0/s1. The fourth-order valence-electron chi connectivity index (χ4n) is 2.56. The number of hydrogen-bond acceptors (Lipinski definition) is 8. The lowest BCUT2D eigenvalue weighted by Crippen LogP contribution is -2.53. The third-order valence-electron chi connectivity index (χ3n) is 4.37. The van der Waals surface area contributed by atoms with E-state index in [4.69, 9.17) is 5.11 Å². The highest BCUT2D eigenvalue weighted by Gasteiger charge is 2.34. The molecule has 0 unspecified atom stereocenters. The highest BCUT2D eigenvalue weighted by molar-refractivity contribution is 14.1. The summed E-state index contributed by atoms with van der Waals surface area (Å²) in [5, 5.41) is 43.4. The Kier molecular flexibility index (Phi) is 11.7. The van der Waals surface area contributed by atoms with Gasteiger partial charge in [-0.05, 0) is 67.8 Å². The third kappa shape index (κ3) is 6.69. The molecule has 0 aromatic heterocycles. The van der Waals surface area contributed by atoms with Crippen LogP contribution in [0.25, 0.3) is 0 Å². The van der Waals surface area contributed by atoms with Gasteiger partial charge in [0.2, 0.25) is 11.8 Å². The number of nitrogens with one attached hydrogen (secondary N) is 2. The first-order valence-electron chi connectivity index (χ1n) is 8.93. The summed E-state index contributed by atoms with van der Waals surface area (Å²) in [4.78, 5) is 49.6. The normalized spacial score (nSPS) is 14.7. The Labute approximate surface area is 224 Å². The van der Waals surface area contributed by atoms with Crippen molar-refractivity contribution in [1.82, 2.24) is 5.32 Å². The molecule has 0 aliphatic carbocycles. The lowest BCUT2D eigenvalue weighted by atomic mass is 10.0. The number of hydrogen-bond donors (Lipinski definition) is 6. The van der Waals surface area contributed by atoms with Gasteiger partial charge in [0.05, 0.1) is 34.3 Å². The molecule has 0 fully saturated rings. The van der Waals surface area contributed by atoms with Crippen LogP contribution in [0.3, 0.4) is 0 Å². The fourth-order valence-corrected chi connectivity index (χ4v) is 7.21. The molecule has 178 valence electrons. The van der Waals surface area contributed by atoms with Gasteiger partial charge in [0, 0.05) is 20.9 Å². The molecule has 14 heteroatoms. The van der Waals surface area contributed by atoms with Crippen molar-refractivity contribution in [1.29, 1.82) is 0 Å². The zero-order valence-electron chi connectivity index (χ0n) is 17.1. The van der Waals surface area contributed by atoms with Crippen molar-refractivity contribution in [2.24, 2.45) is 0 Å². The van der Waals surface area contributed by atoms with Crippen molar-refractivity contribution in [3.8, 4) is 0 Å². The number of amides is 3. The Morgan fingerprint density at radius 2 is 1.59 bits per heavy atom. The fraction of sp³-hybridized carbons (Fsp3) is 0.444. The molecular weight excluding hydrogens is 767 g/mol. The number of carbonyl (C=O) groups excluding carboxylic acids is 4. The predicted molar refractivity (Wildman–Crippen MR) is 140 cm³/mol. The highest BCUT2D eigenvalue weighted by atomic mass is 127. The van der Waals surface area contributed by atoms with Crippen LogP contribution in [0.5, 0.6) is 0 Å². The number of rotatable bonds is 9. The molecule has 0 radical (unpaired) electrons. The van der Waals surface area contributed by atoms with Crippen molar-refractivity contribution in [3.63, 3.8) is 0 Å². The number of benzene rings is 1. The van der Waals surface area contributed by atoms with Gasteiger partial charge in [-0.2, -0.15) is 0 Å². The number of nitrogens with zero attached hydrogens (tertiary/aromatic N) is 1. The van der Waals surface area contributed by atoms with E-state index in [1.807, 2.05) is 67.8 Å². The second-order valence-electron chi connectivity index (χ2n) is 6.67. The van der Waals surface area contributed by atoms with Crippen LogP contribution in [0.4, 0.5) is 11.4 Å². The number of carbonyl (C=O) groups is 4. The zero-order valence-corrected chi connectivity index (χ0v) is 23.6. The lowest BCUT2D eigenvalue weighted by Gasteiger charge is -2.27. The molecule has 3 amide bonds. The number of halogens is 3. The van der Waals surface area contributed by atoms with Crippen molar-refractivity contribution >= 4 is 103 Å². The second kappa shape index (κ2) is 12.7. The van der Waals surface area contributed by atoms with Gasteiger partial charge in [-0.3, -0.25) is 14.4 Å². The molecule has 32 heavy (non-hydrogen) atoms. The van der Waals surface area contributed by atoms with Crippen LogP contribution in [0.15, 0.2) is 0 Å². The van der Waals surface area contributed by atoms with Crippen LogP contribution in [0.2, 0.25) is 0 Å². The molecule has 6 N–H and O–H groups in total. The Hall–Kier alpha value is -0.670. The maximum atomic E-state index is 13.1. The smallest absolute Gasteiger partial charge is 0.254 e. The van der Waals surface area contributed by atoms with Crippen LogP contribution >= 0.6 is 67.8 Å². The predicted octanol–water partition coefficient (Wildman–Crippen LogP) is -0.186. The van der Waals surface area contributed by atoms with E-state index in [2.05, 4.69) is 10.6 Å². The molecule has 1 aromatic carbocycles. The summed E-state index contributed by atoms with van der Waals surface area (Å²) >= 11 is 5.65. The minimum Gasteiger partial charge on any atom is -0.394 e. The van der Waals surface area contributed by atoms with Crippen LogP contribution in [0, 0.1) is 10.7 Å². The third-order valence-corrected chi connectivity index (χ3v) is 7.55. The Morgan fingerprint density at radius 1 is 1.03 bits per heavy atom. The summed E-state index contributed by atoms with van der Waals surface area (Å²) in [6, 6.07) is -1.62. The Balaban J connectivity index is 3.57. The molecule has 0 saturated carbocycles. The first-order chi connectivity index (χ1) is 14.8. The van der Waals surface area contributed by atoms with Crippen molar-refractivity contribution in [3.05, 3.63) is 16.3 Å². The van der Waals surface area contributed by atoms with Gasteiger partial charge >= 0.3 is 0 Å². The molecule has 11 nitrogen and oxygen atoms in total. The van der Waals surface area contributed by atoms with Crippen LogP contribution < -0.4 is 15.5 Å². The largest absolute Gasteiger partial charge is 0.394 e. The lowest BCUT2D eigenvalue weighted by molar-refractivity contribution is -0.119. The first kappa shape index (κ1) is 29.4. The van der Waals surface area contributed by atoms with Gasteiger partial charge in [-0.25, -0.2) is 0 Å². The first-order valence-corrected chi connectivity index (χ1v) is 12.2. The average molecular weight is 789 g/mol. The van der Waals surface area contributed by atoms with Crippen molar-refractivity contribution in [2.45, 2.75) is 38.2 Å². The summed E-state index contributed by atoms with van der Waals surface area (Å²) in [5.74, 6) is -1.57. The molecule has 0 heterocycles. The van der Waals surface area contributed by atoms with E-state index < -0.39 is 42.8 Å². The molecule has 0 aliphatic heterocycles. The van der Waals surface area contributed by atoms with E-state index >= 15 is 0 Å². The van der Waals surface area contributed by atoms with Crippen LogP contribution in [-0.2, 0) is 14.4 Å². The van der Waals surface area contributed by atoms with E-state index in [1.165, 1.54) is 25.8 Å². The highest BCUT2D eigenvalue weighted by Crippen LogP contribution is 2.40. The van der Waals surface area contributed by atoms with Crippen LogP contribution in [-0.4, -0.2) is 82.4 Å². The summed E-state index contributed by atoms with van der Waals surface area (Å²) in [5.41, 5.74) is 0.660. The Morgan fingerprint density at radius 3 is 2.03 bits per heavy atom. The number of aliphatic hydroxyl groups is 4. The van der Waals surface area contributed by atoms with Gasteiger partial charge in [0.15, 0.2) is 0 Å². The number of aldehydes is 1. The minimum atomic E-state index is -1.91. The van der Waals surface area contributed by atoms with E-state index in [1.54, 1.807) is 0 Å². The van der Waals surface area contributed by atoms with Gasteiger partial charge < -0.3 is 40.8 Å². The van der Waals surface area contributed by atoms with Gasteiger partial charge in [0.1, 0.15) is 30.6 Å². The molecular formula is C18H22I3N3O8. The monoisotopic (exact) mass is 789 g/mol. The second-order valence-corrected chi connectivity index (χ2v) is 9.90. The summed E-state index contributed by atoms with van der Waals surface area (Å²) in [7, 11) is 1.50. The van der Waals surface area contributed by atoms with Gasteiger partial charge in [-0.15, -0.1) is 0 Å². The maximum Gasteiger partial charge on any atom is 0.254 e. The SMILES string of the molecule is CC(=O)Nc1c(I)c(C(=O)N[C@@H](C=O)[C@H](O)[C@H](O)[C@H](O)CO)c(I)c(N(C)C(C)=O)c1I. The van der Waals surface area contributed by atoms with Crippen molar-refractivity contribution < 1.29 is 39.6 Å². The van der Waals surface area contributed by atoms with Gasteiger partial charge in [0.25, 0.3) is 5.91 Å². The van der Waals surface area contributed by atoms with E-state index in [0.29, 0.717) is 16.4 Å². The summed E-state index contributed by atoms with van der Waals surface area (Å²) in [6.45, 7) is 1.74. The molecule has 0 bridgehead atoms. The molecule has 1 rings (SSSR count). The Bertz CT molecular complexity index is 914. The maximum absolute atomic E-state index is 13.1. The van der Waals surface area contributed by atoms with E-state index in [9.17, 15) is 34.5 Å². The van der Waals surface area contributed by atoms with Crippen molar-refractivity contribution in [2.75, 3.05) is 23.9 Å². The quantitative estimate of drug-likeness (QED) is 0.148. The topological polar surface area (TPSA) is 176 Å². The van der Waals surface area contributed by atoms with Gasteiger partial charge in [-0.1, -0.05) is 0 Å². The number of aliphatic hydroxyl groups excluding tert-OH is 4. The molecule has 4 atom stereocenters. The average Bonchev–Trinajstić information content (AvgIpc) is 2.72. The molecule has 1 aromatic rings. The van der Waals surface area contributed by atoms with E-state index in [0.717, 1.165) is 0 Å². The summed E-state index contributed by atoms with van der Waals surface area (Å²) in [6.07, 6.45) is -5.36. The summed E-state index contributed by atoms with van der Waals surface area (Å²) < 4.78 is 1.17. The molecule has 0 saturated heterocycles. The minimum absolute atomic E-state index is 0.0229. The van der Waals surface area contributed by atoms with Crippen LogP contribution in [0.1, 0.15) is 24.2 Å².